The predicted octanol–water partition coefficient (Wildman–Crippen LogP) is 3.71. The van der Waals surface area contributed by atoms with E-state index in [-0.39, 0.29) is 5.82 Å². The van der Waals surface area contributed by atoms with Crippen molar-refractivity contribution in [1.29, 1.82) is 5.26 Å². The van der Waals surface area contributed by atoms with Crippen molar-refractivity contribution < 1.29 is 9.13 Å². The molecule has 0 amide bonds. The summed E-state index contributed by atoms with van der Waals surface area (Å²) >= 11 is 0. The average molecular weight is 270 g/mol. The van der Waals surface area contributed by atoms with E-state index in [1.807, 2.05) is 37.3 Å². The van der Waals surface area contributed by atoms with Gasteiger partial charge in [0.1, 0.15) is 11.6 Å². The van der Waals surface area contributed by atoms with Gasteiger partial charge in [-0.15, -0.1) is 0 Å². The van der Waals surface area contributed by atoms with Gasteiger partial charge >= 0.3 is 0 Å². The Labute approximate surface area is 117 Å². The van der Waals surface area contributed by atoms with E-state index in [1.54, 1.807) is 12.1 Å². The summed E-state index contributed by atoms with van der Waals surface area (Å²) in [5, 5.41) is 11.8. The van der Waals surface area contributed by atoms with Crippen molar-refractivity contribution in [3.05, 3.63) is 59.4 Å². The predicted molar refractivity (Wildman–Crippen MR) is 76.1 cm³/mol. The number of nitriles is 1. The lowest BCUT2D eigenvalue weighted by atomic mass is 10.1. The first-order valence-electron chi connectivity index (χ1n) is 6.38. The van der Waals surface area contributed by atoms with Gasteiger partial charge < -0.3 is 10.1 Å². The Hall–Kier alpha value is -2.54. The molecular weight excluding hydrogens is 255 g/mol. The topological polar surface area (TPSA) is 45.0 Å². The first-order valence-corrected chi connectivity index (χ1v) is 6.38. The van der Waals surface area contributed by atoms with Crippen LogP contribution in [0, 0.1) is 17.1 Å². The van der Waals surface area contributed by atoms with E-state index in [1.165, 1.54) is 6.07 Å². The molecule has 3 nitrogen and oxygen atoms in total. The van der Waals surface area contributed by atoms with Gasteiger partial charge in [0.05, 0.1) is 18.2 Å². The van der Waals surface area contributed by atoms with Crippen LogP contribution in [0.5, 0.6) is 5.75 Å². The van der Waals surface area contributed by atoms with E-state index in [4.69, 9.17) is 10.00 Å². The van der Waals surface area contributed by atoms with Crippen LogP contribution in [0.1, 0.15) is 18.1 Å². The van der Waals surface area contributed by atoms with E-state index in [0.29, 0.717) is 24.3 Å². The zero-order valence-electron chi connectivity index (χ0n) is 11.2. The summed E-state index contributed by atoms with van der Waals surface area (Å²) in [5.41, 5.74) is 1.70. The summed E-state index contributed by atoms with van der Waals surface area (Å²) in [5.74, 6) is 0.398. The first kappa shape index (κ1) is 13.9. The second-order valence-electron chi connectivity index (χ2n) is 4.23. The molecule has 0 aliphatic carbocycles. The monoisotopic (exact) mass is 270 g/mol. The van der Waals surface area contributed by atoms with E-state index in [0.717, 1.165) is 11.4 Å². The minimum atomic E-state index is -0.377. The zero-order chi connectivity index (χ0) is 14.4. The number of nitrogens with one attached hydrogen (secondary N) is 1. The van der Waals surface area contributed by atoms with Crippen molar-refractivity contribution >= 4 is 5.69 Å². The van der Waals surface area contributed by atoms with E-state index >= 15 is 0 Å². The van der Waals surface area contributed by atoms with E-state index < -0.39 is 0 Å². The van der Waals surface area contributed by atoms with Gasteiger partial charge in [-0.25, -0.2) is 4.39 Å². The number of rotatable bonds is 5. The summed E-state index contributed by atoms with van der Waals surface area (Å²) in [7, 11) is 0. The Balaban J connectivity index is 2.05. The standard InChI is InChI=1S/C16H15FN2O/c1-2-20-15-5-3-4-14(9-15)19-11-13-7-6-12(10-18)8-16(13)17/h3-9,19H,2,11H2,1H3. The van der Waals surface area contributed by atoms with Gasteiger partial charge in [0, 0.05) is 23.9 Å². The fourth-order valence-electron chi connectivity index (χ4n) is 1.82. The maximum Gasteiger partial charge on any atom is 0.129 e. The highest BCUT2D eigenvalue weighted by Gasteiger charge is 2.04. The molecule has 0 radical (unpaired) electrons. The third-order valence-electron chi connectivity index (χ3n) is 2.81. The third-order valence-corrected chi connectivity index (χ3v) is 2.81. The molecule has 0 saturated carbocycles. The molecule has 2 aromatic rings. The second-order valence-corrected chi connectivity index (χ2v) is 4.23. The van der Waals surface area contributed by atoms with Gasteiger partial charge in [-0.1, -0.05) is 12.1 Å². The molecule has 0 spiro atoms. The Morgan fingerprint density at radius 3 is 2.80 bits per heavy atom. The first-order chi connectivity index (χ1) is 9.72. The number of anilines is 1. The van der Waals surface area contributed by atoms with Gasteiger partial charge in [0.25, 0.3) is 0 Å². The van der Waals surface area contributed by atoms with Crippen molar-refractivity contribution in [2.45, 2.75) is 13.5 Å². The molecule has 102 valence electrons. The van der Waals surface area contributed by atoms with Crippen LogP contribution in [0.4, 0.5) is 10.1 Å². The van der Waals surface area contributed by atoms with Crippen LogP contribution in [0.3, 0.4) is 0 Å². The SMILES string of the molecule is CCOc1cccc(NCc2ccc(C#N)cc2F)c1. The molecule has 20 heavy (non-hydrogen) atoms. The molecular formula is C16H15FN2O. The van der Waals surface area contributed by atoms with E-state index in [9.17, 15) is 4.39 Å². The smallest absolute Gasteiger partial charge is 0.129 e. The summed E-state index contributed by atoms with van der Waals surface area (Å²) in [6.07, 6.45) is 0. The Kier molecular flexibility index (Phi) is 4.56. The fourth-order valence-corrected chi connectivity index (χ4v) is 1.82. The summed E-state index contributed by atoms with van der Waals surface area (Å²) in [4.78, 5) is 0. The molecule has 2 aromatic carbocycles. The highest BCUT2D eigenvalue weighted by molar-refractivity contribution is 5.48. The van der Waals surface area contributed by atoms with Crippen LogP contribution in [0.25, 0.3) is 0 Å². The molecule has 0 aliphatic rings. The number of ether oxygens (including phenoxy) is 1. The fraction of sp³-hybridized carbons (Fsp3) is 0.188. The quantitative estimate of drug-likeness (QED) is 0.900. The zero-order valence-corrected chi connectivity index (χ0v) is 11.2. The number of hydrogen-bond donors (Lipinski definition) is 1. The molecule has 0 unspecified atom stereocenters. The van der Waals surface area contributed by atoms with Crippen molar-refractivity contribution in [2.24, 2.45) is 0 Å². The van der Waals surface area contributed by atoms with Crippen LogP contribution in [0.2, 0.25) is 0 Å². The number of halogens is 1. The van der Waals surface area contributed by atoms with Gasteiger partial charge in [-0.2, -0.15) is 5.26 Å². The number of benzene rings is 2. The lowest BCUT2D eigenvalue weighted by molar-refractivity contribution is 0.340. The normalized spacial score (nSPS) is 9.85. The number of nitrogens with zero attached hydrogens (tertiary/aromatic N) is 1. The minimum absolute atomic E-state index is 0.324. The Bertz CT molecular complexity index is 635. The maximum absolute atomic E-state index is 13.7. The molecule has 4 heteroatoms. The molecule has 0 heterocycles. The third kappa shape index (κ3) is 3.48. The van der Waals surface area contributed by atoms with Gasteiger partial charge in [0.15, 0.2) is 0 Å². The summed E-state index contributed by atoms with van der Waals surface area (Å²) in [6.45, 7) is 2.88. The van der Waals surface area contributed by atoms with Crippen molar-refractivity contribution in [3.63, 3.8) is 0 Å². The van der Waals surface area contributed by atoms with Gasteiger partial charge in [-0.3, -0.25) is 0 Å². The van der Waals surface area contributed by atoms with E-state index in [2.05, 4.69) is 5.32 Å². The van der Waals surface area contributed by atoms with Crippen LogP contribution >= 0.6 is 0 Å². The molecule has 0 atom stereocenters. The summed E-state index contributed by atoms with van der Waals surface area (Å²) in [6, 6.07) is 13.9. The largest absolute Gasteiger partial charge is 0.494 e. The van der Waals surface area contributed by atoms with Crippen LogP contribution in [0.15, 0.2) is 42.5 Å². The highest BCUT2D eigenvalue weighted by Crippen LogP contribution is 2.19. The molecule has 2 rings (SSSR count). The lowest BCUT2D eigenvalue weighted by Crippen LogP contribution is -2.02. The van der Waals surface area contributed by atoms with Crippen LogP contribution < -0.4 is 10.1 Å². The molecule has 0 aliphatic heterocycles. The molecule has 1 N–H and O–H groups in total. The summed E-state index contributed by atoms with van der Waals surface area (Å²) < 4.78 is 19.1. The number of hydrogen-bond acceptors (Lipinski definition) is 3. The maximum atomic E-state index is 13.7. The van der Waals surface area contributed by atoms with Crippen molar-refractivity contribution in [3.8, 4) is 11.8 Å². The molecule has 0 fully saturated rings. The highest BCUT2D eigenvalue weighted by atomic mass is 19.1. The molecule has 0 saturated heterocycles. The second kappa shape index (κ2) is 6.58. The van der Waals surface area contributed by atoms with Crippen LogP contribution in [-0.2, 0) is 6.54 Å². The Morgan fingerprint density at radius 2 is 2.10 bits per heavy atom. The Morgan fingerprint density at radius 1 is 1.25 bits per heavy atom. The van der Waals surface area contributed by atoms with Crippen molar-refractivity contribution in [1.82, 2.24) is 0 Å². The van der Waals surface area contributed by atoms with Crippen molar-refractivity contribution in [2.75, 3.05) is 11.9 Å². The van der Waals surface area contributed by atoms with Crippen LogP contribution in [-0.4, -0.2) is 6.61 Å². The molecule has 0 aromatic heterocycles. The average Bonchev–Trinajstić information content (AvgIpc) is 2.46. The van der Waals surface area contributed by atoms with Gasteiger partial charge in [-0.05, 0) is 31.2 Å². The minimum Gasteiger partial charge on any atom is -0.494 e. The van der Waals surface area contributed by atoms with Gasteiger partial charge in [0.2, 0.25) is 0 Å². The molecule has 0 bridgehead atoms. The lowest BCUT2D eigenvalue weighted by Gasteiger charge is -2.09.